The largest absolute Gasteiger partial charge is 0.383 e. The Morgan fingerprint density at radius 3 is 2.72 bits per heavy atom. The van der Waals surface area contributed by atoms with Crippen LogP contribution in [0.3, 0.4) is 0 Å². The van der Waals surface area contributed by atoms with E-state index >= 15 is 0 Å². The van der Waals surface area contributed by atoms with Crippen molar-refractivity contribution in [3.63, 3.8) is 0 Å². The van der Waals surface area contributed by atoms with Gasteiger partial charge in [0.1, 0.15) is 11.7 Å². The van der Waals surface area contributed by atoms with Crippen molar-refractivity contribution in [2.75, 3.05) is 18.4 Å². The molecule has 2 aromatic rings. The molecular formula is C23H34N6. The van der Waals surface area contributed by atoms with E-state index in [4.69, 9.17) is 10.7 Å². The van der Waals surface area contributed by atoms with Crippen LogP contribution in [0.2, 0.25) is 0 Å². The first-order chi connectivity index (χ1) is 14.2. The van der Waals surface area contributed by atoms with E-state index in [0.717, 1.165) is 49.8 Å². The number of amidine groups is 1. The minimum Gasteiger partial charge on any atom is -0.383 e. The van der Waals surface area contributed by atoms with Crippen LogP contribution in [0.5, 0.6) is 0 Å². The third kappa shape index (κ3) is 6.19. The van der Waals surface area contributed by atoms with Crippen LogP contribution in [0.15, 0.2) is 53.3 Å². The lowest BCUT2D eigenvalue weighted by atomic mass is 10.1. The van der Waals surface area contributed by atoms with Crippen molar-refractivity contribution in [2.24, 2.45) is 10.7 Å². The van der Waals surface area contributed by atoms with Crippen molar-refractivity contribution in [3.05, 3.63) is 59.4 Å². The summed E-state index contributed by atoms with van der Waals surface area (Å²) in [6.07, 6.45) is 8.63. The van der Waals surface area contributed by atoms with E-state index in [-0.39, 0.29) is 0 Å². The number of nitrogens with one attached hydrogen (secondary N) is 2. The standard InChI is InChI=1S/C23H34N6/c1-18(2)21-16-27-29-17-20(26-15-19-10-6-5-7-11-19)14-22(28-23(21)29)25-13-9-4-3-8-12-24/h5-7,10-11,14,16,18,26H,3-4,8-9,12-13,15,17,24H2,1-2H3,(H,25,28). The zero-order valence-electron chi connectivity index (χ0n) is 17.7. The number of aromatic nitrogens is 2. The Labute approximate surface area is 174 Å². The van der Waals surface area contributed by atoms with E-state index < -0.39 is 0 Å². The second kappa shape index (κ2) is 10.8. The molecular weight excluding hydrogens is 360 g/mol. The molecule has 0 amide bonds. The number of benzene rings is 1. The van der Waals surface area contributed by atoms with Gasteiger partial charge in [-0.05, 0) is 30.9 Å². The van der Waals surface area contributed by atoms with E-state index in [1.54, 1.807) is 0 Å². The van der Waals surface area contributed by atoms with E-state index in [2.05, 4.69) is 59.9 Å². The van der Waals surface area contributed by atoms with Gasteiger partial charge in [0.25, 0.3) is 0 Å². The molecule has 0 radical (unpaired) electrons. The Hall–Kier alpha value is -2.60. The number of aliphatic imine (C=N–C) groups is 1. The predicted octanol–water partition coefficient (Wildman–Crippen LogP) is 4.02. The maximum atomic E-state index is 5.58. The summed E-state index contributed by atoms with van der Waals surface area (Å²) in [5, 5.41) is 11.7. The zero-order chi connectivity index (χ0) is 20.5. The maximum absolute atomic E-state index is 5.58. The van der Waals surface area contributed by atoms with Crippen molar-refractivity contribution >= 4 is 11.7 Å². The molecule has 0 spiro atoms. The molecule has 1 aliphatic rings. The minimum atomic E-state index is 0.405. The fourth-order valence-corrected chi connectivity index (χ4v) is 3.42. The number of unbranched alkanes of at least 4 members (excludes halogenated alkanes) is 3. The van der Waals surface area contributed by atoms with Gasteiger partial charge < -0.3 is 16.4 Å². The van der Waals surface area contributed by atoms with Gasteiger partial charge in [0.05, 0.1) is 12.7 Å². The van der Waals surface area contributed by atoms with Crippen LogP contribution in [0.1, 0.15) is 56.6 Å². The van der Waals surface area contributed by atoms with Gasteiger partial charge in [-0.2, -0.15) is 5.10 Å². The van der Waals surface area contributed by atoms with Crippen LogP contribution >= 0.6 is 0 Å². The summed E-state index contributed by atoms with van der Waals surface area (Å²) in [6, 6.07) is 10.4. The number of hydrogen-bond acceptors (Lipinski definition) is 4. The third-order valence-electron chi connectivity index (χ3n) is 5.12. The zero-order valence-corrected chi connectivity index (χ0v) is 17.7. The Morgan fingerprint density at radius 2 is 1.97 bits per heavy atom. The molecule has 3 rings (SSSR count). The first-order valence-corrected chi connectivity index (χ1v) is 10.7. The van der Waals surface area contributed by atoms with Crippen molar-refractivity contribution in [1.82, 2.24) is 15.1 Å². The molecule has 0 bridgehead atoms. The SMILES string of the molecule is CC(C)c1cnn2c1NC(=NCCCCCCN)C=C(NCc1ccccc1)C2. The van der Waals surface area contributed by atoms with Crippen LogP contribution in [0, 0.1) is 0 Å². The number of fused-ring (bicyclic) bond motifs is 1. The van der Waals surface area contributed by atoms with Crippen LogP contribution in [-0.2, 0) is 13.1 Å². The fourth-order valence-electron chi connectivity index (χ4n) is 3.42. The monoisotopic (exact) mass is 394 g/mol. The summed E-state index contributed by atoms with van der Waals surface area (Å²) in [5.74, 6) is 2.36. The number of nitrogens with zero attached hydrogens (tertiary/aromatic N) is 3. The van der Waals surface area contributed by atoms with Crippen LogP contribution < -0.4 is 16.4 Å². The highest BCUT2D eigenvalue weighted by Crippen LogP contribution is 2.26. The molecule has 0 unspecified atom stereocenters. The molecule has 1 aromatic heterocycles. The smallest absolute Gasteiger partial charge is 0.133 e. The molecule has 156 valence electrons. The van der Waals surface area contributed by atoms with Crippen LogP contribution in [0.25, 0.3) is 0 Å². The average Bonchev–Trinajstić information content (AvgIpc) is 3.03. The van der Waals surface area contributed by atoms with Crippen LogP contribution in [0.4, 0.5) is 5.82 Å². The van der Waals surface area contributed by atoms with Crippen molar-refractivity contribution < 1.29 is 0 Å². The quantitative estimate of drug-likeness (QED) is 0.532. The molecule has 0 atom stereocenters. The number of rotatable bonds is 10. The highest BCUT2D eigenvalue weighted by Gasteiger charge is 2.19. The van der Waals surface area contributed by atoms with Gasteiger partial charge in [-0.15, -0.1) is 0 Å². The molecule has 0 saturated carbocycles. The molecule has 0 saturated heterocycles. The summed E-state index contributed by atoms with van der Waals surface area (Å²) < 4.78 is 2.03. The predicted molar refractivity (Wildman–Crippen MR) is 121 cm³/mol. The minimum absolute atomic E-state index is 0.405. The van der Waals surface area contributed by atoms with Crippen molar-refractivity contribution in [1.29, 1.82) is 0 Å². The maximum Gasteiger partial charge on any atom is 0.133 e. The van der Waals surface area contributed by atoms with Gasteiger partial charge in [0.2, 0.25) is 0 Å². The molecule has 1 aliphatic heterocycles. The molecule has 2 heterocycles. The van der Waals surface area contributed by atoms with Gasteiger partial charge >= 0.3 is 0 Å². The Morgan fingerprint density at radius 1 is 1.17 bits per heavy atom. The number of anilines is 1. The second-order valence-corrected chi connectivity index (χ2v) is 7.86. The van der Waals surface area contributed by atoms with Gasteiger partial charge in [0, 0.05) is 30.4 Å². The highest BCUT2D eigenvalue weighted by molar-refractivity contribution is 6.04. The summed E-state index contributed by atoms with van der Waals surface area (Å²) in [6.45, 7) is 7.48. The van der Waals surface area contributed by atoms with E-state index in [1.807, 2.05) is 16.9 Å². The molecule has 6 heteroatoms. The summed E-state index contributed by atoms with van der Waals surface area (Å²) in [5.41, 5.74) is 9.17. The molecule has 0 fully saturated rings. The third-order valence-corrected chi connectivity index (χ3v) is 5.12. The van der Waals surface area contributed by atoms with E-state index in [0.29, 0.717) is 12.5 Å². The lowest BCUT2D eigenvalue weighted by molar-refractivity contribution is 0.635. The molecule has 6 nitrogen and oxygen atoms in total. The number of allylic oxidation sites excluding steroid dienone is 1. The van der Waals surface area contributed by atoms with Crippen molar-refractivity contribution in [2.45, 2.75) is 58.5 Å². The highest BCUT2D eigenvalue weighted by atomic mass is 15.3. The Balaban J connectivity index is 1.73. The van der Waals surface area contributed by atoms with Gasteiger partial charge in [-0.1, -0.05) is 57.0 Å². The normalized spacial score (nSPS) is 15.0. The van der Waals surface area contributed by atoms with E-state index in [9.17, 15) is 0 Å². The van der Waals surface area contributed by atoms with Gasteiger partial charge in [-0.25, -0.2) is 4.68 Å². The van der Waals surface area contributed by atoms with E-state index in [1.165, 1.54) is 24.0 Å². The summed E-state index contributed by atoms with van der Waals surface area (Å²) >= 11 is 0. The molecule has 4 N–H and O–H groups in total. The topological polar surface area (TPSA) is 80.3 Å². The lowest BCUT2D eigenvalue weighted by Gasteiger charge is -2.11. The second-order valence-electron chi connectivity index (χ2n) is 7.86. The molecule has 1 aromatic carbocycles. The number of hydrogen-bond donors (Lipinski definition) is 3. The molecule has 29 heavy (non-hydrogen) atoms. The summed E-state index contributed by atoms with van der Waals surface area (Å²) in [4.78, 5) is 4.84. The Bertz CT molecular complexity index is 819. The fraction of sp³-hybridized carbons (Fsp3) is 0.478. The van der Waals surface area contributed by atoms with Crippen LogP contribution in [-0.4, -0.2) is 28.7 Å². The lowest BCUT2D eigenvalue weighted by Crippen LogP contribution is -2.18. The summed E-state index contributed by atoms with van der Waals surface area (Å²) in [7, 11) is 0. The average molecular weight is 395 g/mol. The molecule has 0 aliphatic carbocycles. The van der Waals surface area contributed by atoms with Crippen molar-refractivity contribution in [3.8, 4) is 0 Å². The Kier molecular flexibility index (Phi) is 7.87. The van der Waals surface area contributed by atoms with Gasteiger partial charge in [-0.3, -0.25) is 4.99 Å². The first-order valence-electron chi connectivity index (χ1n) is 10.7. The first kappa shape index (κ1) is 21.1. The van der Waals surface area contributed by atoms with Gasteiger partial charge in [0.15, 0.2) is 0 Å². The number of nitrogens with two attached hydrogens (primary N) is 1.